The average Bonchev–Trinajstić information content (AvgIpc) is 2.94. The fraction of sp³-hybridized carbons (Fsp3) is 0.300. The van der Waals surface area contributed by atoms with Gasteiger partial charge in [-0.25, -0.2) is 17.5 Å². The molecule has 0 aliphatic carbocycles. The molecule has 1 unspecified atom stereocenters. The van der Waals surface area contributed by atoms with Gasteiger partial charge in [0, 0.05) is 42.3 Å². The van der Waals surface area contributed by atoms with E-state index in [1.165, 1.54) is 12.1 Å². The van der Waals surface area contributed by atoms with Gasteiger partial charge in [0.15, 0.2) is 0 Å². The third-order valence-electron chi connectivity index (χ3n) is 4.71. The summed E-state index contributed by atoms with van der Waals surface area (Å²) < 4.78 is 43.4. The number of nitrogens with one attached hydrogen (secondary N) is 1. The molecule has 1 atom stereocenters. The third kappa shape index (κ3) is 4.37. The summed E-state index contributed by atoms with van der Waals surface area (Å²) in [5, 5.41) is 1.09. The number of aromatic nitrogens is 1. The first-order valence-corrected chi connectivity index (χ1v) is 10.3. The molecule has 0 aliphatic heterocycles. The minimum Gasteiger partial charge on any atom is -0.350 e. The molecule has 1 heterocycles. The van der Waals surface area contributed by atoms with Crippen LogP contribution >= 0.6 is 0 Å². The summed E-state index contributed by atoms with van der Waals surface area (Å²) in [6.07, 6.45) is 2.03. The summed E-state index contributed by atoms with van der Waals surface area (Å²) >= 11 is 0. The first-order valence-electron chi connectivity index (χ1n) is 8.69. The van der Waals surface area contributed by atoms with Gasteiger partial charge in [-0.2, -0.15) is 0 Å². The Morgan fingerprint density at radius 2 is 1.78 bits per heavy atom. The van der Waals surface area contributed by atoms with Crippen molar-refractivity contribution in [2.45, 2.75) is 11.8 Å². The Labute approximate surface area is 159 Å². The standard InChI is InChI=1S/C20H24FN3O2S/c1-23(2)20(17-13-24(3)19-11-7-5-9-16(17)19)12-22-27(25,26)14-15-8-4-6-10-18(15)21/h4-11,13,20,22H,12,14H2,1-3H3. The van der Waals surface area contributed by atoms with Crippen LogP contribution in [0, 0.1) is 5.82 Å². The molecule has 0 fully saturated rings. The minimum atomic E-state index is -3.66. The maximum absolute atomic E-state index is 13.8. The second kappa shape index (κ2) is 7.80. The molecule has 7 heteroatoms. The van der Waals surface area contributed by atoms with Gasteiger partial charge in [0.1, 0.15) is 5.82 Å². The Bertz CT molecular complexity index is 1040. The van der Waals surface area contributed by atoms with E-state index in [0.717, 1.165) is 16.5 Å². The van der Waals surface area contributed by atoms with Crippen molar-refractivity contribution in [3.8, 4) is 0 Å². The molecule has 2 aromatic carbocycles. The molecule has 144 valence electrons. The number of likely N-dealkylation sites (N-methyl/N-ethyl adjacent to an activating group) is 1. The molecule has 0 radical (unpaired) electrons. The van der Waals surface area contributed by atoms with Crippen LogP contribution in [0.15, 0.2) is 54.7 Å². The monoisotopic (exact) mass is 389 g/mol. The minimum absolute atomic E-state index is 0.147. The zero-order valence-electron chi connectivity index (χ0n) is 15.7. The SMILES string of the molecule is CN(C)C(CNS(=O)(=O)Cc1ccccc1F)c1cn(C)c2ccccc12. The van der Waals surface area contributed by atoms with E-state index >= 15 is 0 Å². The van der Waals surface area contributed by atoms with E-state index in [0.29, 0.717) is 0 Å². The number of sulfonamides is 1. The number of hydrogen-bond acceptors (Lipinski definition) is 3. The first kappa shape index (κ1) is 19.5. The third-order valence-corrected chi connectivity index (χ3v) is 6.01. The van der Waals surface area contributed by atoms with Crippen molar-refractivity contribution >= 4 is 20.9 Å². The van der Waals surface area contributed by atoms with Crippen LogP contribution in [0.5, 0.6) is 0 Å². The van der Waals surface area contributed by atoms with E-state index in [9.17, 15) is 12.8 Å². The molecule has 0 saturated heterocycles. The van der Waals surface area contributed by atoms with Crippen molar-refractivity contribution in [2.75, 3.05) is 20.6 Å². The highest BCUT2D eigenvalue weighted by Gasteiger charge is 2.22. The Morgan fingerprint density at radius 3 is 2.48 bits per heavy atom. The van der Waals surface area contributed by atoms with Crippen molar-refractivity contribution in [2.24, 2.45) is 7.05 Å². The molecular formula is C20H24FN3O2S. The molecule has 3 aromatic rings. The van der Waals surface area contributed by atoms with Gasteiger partial charge in [-0.15, -0.1) is 0 Å². The Morgan fingerprint density at radius 1 is 1.11 bits per heavy atom. The molecule has 0 aliphatic rings. The lowest BCUT2D eigenvalue weighted by Gasteiger charge is -2.24. The van der Waals surface area contributed by atoms with E-state index < -0.39 is 15.8 Å². The predicted molar refractivity (Wildman–Crippen MR) is 106 cm³/mol. The summed E-state index contributed by atoms with van der Waals surface area (Å²) in [6, 6.07) is 13.8. The lowest BCUT2D eigenvalue weighted by Crippen LogP contribution is -2.35. The number of rotatable bonds is 7. The van der Waals surface area contributed by atoms with Crippen molar-refractivity contribution in [3.63, 3.8) is 0 Å². The van der Waals surface area contributed by atoms with E-state index in [1.807, 2.05) is 61.1 Å². The van der Waals surface area contributed by atoms with Gasteiger partial charge in [-0.3, -0.25) is 0 Å². The van der Waals surface area contributed by atoms with E-state index in [-0.39, 0.29) is 23.9 Å². The van der Waals surface area contributed by atoms with Crippen LogP contribution in [0.4, 0.5) is 4.39 Å². The lowest BCUT2D eigenvalue weighted by molar-refractivity contribution is 0.301. The molecule has 3 rings (SSSR count). The summed E-state index contributed by atoms with van der Waals surface area (Å²) in [6.45, 7) is 0.206. The maximum Gasteiger partial charge on any atom is 0.215 e. The van der Waals surface area contributed by atoms with Crippen LogP contribution in [-0.2, 0) is 22.8 Å². The van der Waals surface area contributed by atoms with Gasteiger partial charge in [-0.1, -0.05) is 36.4 Å². The molecule has 1 aromatic heterocycles. The van der Waals surface area contributed by atoms with Crippen LogP contribution in [0.3, 0.4) is 0 Å². The number of fused-ring (bicyclic) bond motifs is 1. The van der Waals surface area contributed by atoms with Crippen LogP contribution in [0.2, 0.25) is 0 Å². The predicted octanol–water partition coefficient (Wildman–Crippen LogP) is 3.04. The first-order chi connectivity index (χ1) is 12.8. The number of nitrogens with zero attached hydrogens (tertiary/aromatic N) is 2. The highest BCUT2D eigenvalue weighted by Crippen LogP contribution is 2.28. The molecule has 0 bridgehead atoms. The van der Waals surface area contributed by atoms with Crippen LogP contribution < -0.4 is 4.72 Å². The largest absolute Gasteiger partial charge is 0.350 e. The van der Waals surface area contributed by atoms with Gasteiger partial charge in [0.25, 0.3) is 0 Å². The normalized spacial score (nSPS) is 13.4. The number of para-hydroxylation sites is 1. The summed E-state index contributed by atoms with van der Waals surface area (Å²) in [5.41, 5.74) is 2.30. The van der Waals surface area contributed by atoms with Crippen molar-refractivity contribution in [1.82, 2.24) is 14.2 Å². The highest BCUT2D eigenvalue weighted by atomic mass is 32.2. The Kier molecular flexibility index (Phi) is 5.64. The van der Waals surface area contributed by atoms with Gasteiger partial charge in [0.2, 0.25) is 10.0 Å². The van der Waals surface area contributed by atoms with Crippen molar-refractivity contribution in [1.29, 1.82) is 0 Å². The van der Waals surface area contributed by atoms with E-state index in [4.69, 9.17) is 0 Å². The second-order valence-electron chi connectivity index (χ2n) is 6.89. The van der Waals surface area contributed by atoms with Gasteiger partial charge >= 0.3 is 0 Å². The highest BCUT2D eigenvalue weighted by molar-refractivity contribution is 7.88. The Hall–Kier alpha value is -2.22. The number of halogens is 1. The van der Waals surface area contributed by atoms with Crippen LogP contribution in [0.25, 0.3) is 10.9 Å². The molecule has 1 N–H and O–H groups in total. The molecule has 27 heavy (non-hydrogen) atoms. The molecule has 0 amide bonds. The Balaban J connectivity index is 1.82. The summed E-state index contributed by atoms with van der Waals surface area (Å²) in [4.78, 5) is 1.98. The summed E-state index contributed by atoms with van der Waals surface area (Å²) in [5.74, 6) is -0.892. The van der Waals surface area contributed by atoms with Crippen LogP contribution in [0.1, 0.15) is 17.2 Å². The zero-order valence-corrected chi connectivity index (χ0v) is 16.5. The van der Waals surface area contributed by atoms with Gasteiger partial charge in [-0.05, 0) is 31.8 Å². The quantitative estimate of drug-likeness (QED) is 0.676. The topological polar surface area (TPSA) is 54.3 Å². The summed E-state index contributed by atoms with van der Waals surface area (Å²) in [7, 11) is 2.14. The van der Waals surface area contributed by atoms with E-state index in [2.05, 4.69) is 4.72 Å². The second-order valence-corrected chi connectivity index (χ2v) is 8.70. The number of aryl methyl sites for hydroxylation is 1. The smallest absolute Gasteiger partial charge is 0.215 e. The van der Waals surface area contributed by atoms with Crippen molar-refractivity contribution in [3.05, 3.63) is 71.7 Å². The number of benzene rings is 2. The zero-order chi connectivity index (χ0) is 19.6. The van der Waals surface area contributed by atoms with E-state index in [1.54, 1.807) is 12.1 Å². The van der Waals surface area contributed by atoms with Crippen molar-refractivity contribution < 1.29 is 12.8 Å². The number of hydrogen-bond donors (Lipinski definition) is 1. The molecule has 0 spiro atoms. The van der Waals surface area contributed by atoms with Crippen LogP contribution in [-0.4, -0.2) is 38.5 Å². The fourth-order valence-electron chi connectivity index (χ4n) is 3.29. The maximum atomic E-state index is 13.8. The fourth-order valence-corrected chi connectivity index (χ4v) is 4.44. The lowest BCUT2D eigenvalue weighted by atomic mass is 10.1. The van der Waals surface area contributed by atoms with Gasteiger partial charge < -0.3 is 9.47 Å². The molecule has 0 saturated carbocycles. The molecular weight excluding hydrogens is 365 g/mol. The molecule has 5 nitrogen and oxygen atoms in total. The average molecular weight is 389 g/mol. The van der Waals surface area contributed by atoms with Gasteiger partial charge in [0.05, 0.1) is 5.75 Å².